The highest BCUT2D eigenvalue weighted by atomic mass is 35.5. The van der Waals surface area contributed by atoms with E-state index in [0.29, 0.717) is 28.9 Å². The Labute approximate surface area is 157 Å². The number of amides is 1. The lowest BCUT2D eigenvalue weighted by Gasteiger charge is -2.17. The minimum absolute atomic E-state index is 0.200. The molecule has 2 rings (SSSR count). The maximum Gasteiger partial charge on any atom is 0.335 e. The van der Waals surface area contributed by atoms with Gasteiger partial charge in [-0.2, -0.15) is 0 Å². The van der Waals surface area contributed by atoms with Crippen LogP contribution < -0.4 is 10.1 Å². The van der Waals surface area contributed by atoms with E-state index in [1.807, 2.05) is 20.8 Å². The van der Waals surface area contributed by atoms with Gasteiger partial charge in [-0.25, -0.2) is 4.79 Å². The van der Waals surface area contributed by atoms with E-state index in [9.17, 15) is 9.59 Å². The fraction of sp³-hybridized carbons (Fsp3) is 0.300. The Bertz CT molecular complexity index is 787. The molecular weight excluding hydrogens is 354 g/mol. The summed E-state index contributed by atoms with van der Waals surface area (Å²) < 4.78 is 5.72. The average molecular weight is 376 g/mol. The molecule has 1 unspecified atom stereocenters. The number of hydrogen-bond acceptors (Lipinski definition) is 3. The Balaban J connectivity index is 2.15. The molecular formula is C20H22ClNO4. The Morgan fingerprint density at radius 1 is 1.12 bits per heavy atom. The Morgan fingerprint density at radius 2 is 1.77 bits per heavy atom. The van der Waals surface area contributed by atoms with Crippen LogP contribution in [0.4, 0.5) is 0 Å². The average Bonchev–Trinajstić information content (AvgIpc) is 2.60. The highest BCUT2D eigenvalue weighted by molar-refractivity contribution is 6.31. The van der Waals surface area contributed by atoms with Gasteiger partial charge in [0.05, 0.1) is 23.8 Å². The van der Waals surface area contributed by atoms with Gasteiger partial charge in [-0.05, 0) is 48.7 Å². The predicted octanol–water partition coefficient (Wildman–Crippen LogP) is 4.56. The molecule has 0 aliphatic carbocycles. The van der Waals surface area contributed by atoms with Crippen LogP contribution >= 0.6 is 11.6 Å². The molecule has 26 heavy (non-hydrogen) atoms. The quantitative estimate of drug-likeness (QED) is 0.743. The molecule has 0 saturated heterocycles. The SMILES string of the molecule is CC(C)COc1ccc(Cl)cc1C(=O)NC(C)c1ccc(C(=O)O)cc1. The summed E-state index contributed by atoms with van der Waals surface area (Å²) in [4.78, 5) is 23.6. The highest BCUT2D eigenvalue weighted by Crippen LogP contribution is 2.24. The molecule has 0 aliphatic rings. The molecule has 1 atom stereocenters. The Hall–Kier alpha value is -2.53. The molecule has 2 aromatic carbocycles. The van der Waals surface area contributed by atoms with Gasteiger partial charge >= 0.3 is 5.97 Å². The molecule has 1 amide bonds. The lowest BCUT2D eigenvalue weighted by molar-refractivity contribution is 0.0696. The first kappa shape index (κ1) is 19.8. The Kier molecular flexibility index (Phi) is 6.64. The van der Waals surface area contributed by atoms with E-state index in [-0.39, 0.29) is 17.5 Å². The first-order valence-corrected chi connectivity index (χ1v) is 8.72. The summed E-state index contributed by atoms with van der Waals surface area (Å²) in [6.45, 7) is 6.37. The second-order valence-electron chi connectivity index (χ2n) is 6.47. The van der Waals surface area contributed by atoms with E-state index in [1.54, 1.807) is 30.3 Å². The molecule has 138 valence electrons. The molecule has 2 N–H and O–H groups in total. The van der Waals surface area contributed by atoms with Crippen LogP contribution in [0.2, 0.25) is 5.02 Å². The largest absolute Gasteiger partial charge is 0.492 e. The zero-order valence-corrected chi connectivity index (χ0v) is 15.7. The molecule has 0 spiro atoms. The summed E-state index contributed by atoms with van der Waals surface area (Å²) >= 11 is 6.03. The molecule has 0 bridgehead atoms. The van der Waals surface area contributed by atoms with Crippen LogP contribution in [0.25, 0.3) is 0 Å². The summed E-state index contributed by atoms with van der Waals surface area (Å²) in [6, 6.07) is 11.0. The summed E-state index contributed by atoms with van der Waals surface area (Å²) in [5.74, 6) is -0.484. The Morgan fingerprint density at radius 3 is 2.35 bits per heavy atom. The molecule has 0 radical (unpaired) electrons. The molecule has 0 fully saturated rings. The van der Waals surface area contributed by atoms with Gasteiger partial charge in [0, 0.05) is 5.02 Å². The standard InChI is InChI=1S/C20H22ClNO4/c1-12(2)11-26-18-9-8-16(21)10-17(18)19(23)22-13(3)14-4-6-15(7-5-14)20(24)25/h4-10,12-13H,11H2,1-3H3,(H,22,23)(H,24,25). The van der Waals surface area contributed by atoms with Crippen molar-refractivity contribution in [1.29, 1.82) is 0 Å². The second kappa shape index (κ2) is 8.72. The molecule has 5 nitrogen and oxygen atoms in total. The van der Waals surface area contributed by atoms with Crippen LogP contribution in [0.3, 0.4) is 0 Å². The lowest BCUT2D eigenvalue weighted by atomic mass is 10.1. The van der Waals surface area contributed by atoms with Crippen molar-refractivity contribution in [3.8, 4) is 5.75 Å². The van der Waals surface area contributed by atoms with Crippen molar-refractivity contribution in [2.24, 2.45) is 5.92 Å². The van der Waals surface area contributed by atoms with E-state index in [4.69, 9.17) is 21.4 Å². The molecule has 0 heterocycles. The summed E-state index contributed by atoms with van der Waals surface area (Å²) in [5, 5.41) is 12.3. The minimum atomic E-state index is -0.987. The summed E-state index contributed by atoms with van der Waals surface area (Å²) in [6.07, 6.45) is 0. The van der Waals surface area contributed by atoms with E-state index < -0.39 is 5.97 Å². The minimum Gasteiger partial charge on any atom is -0.492 e. The summed E-state index contributed by atoms with van der Waals surface area (Å²) in [5.41, 5.74) is 1.37. The number of carboxylic acid groups (broad SMARTS) is 1. The smallest absolute Gasteiger partial charge is 0.335 e. The van der Waals surface area contributed by atoms with E-state index in [0.717, 1.165) is 5.56 Å². The fourth-order valence-corrected chi connectivity index (χ4v) is 2.51. The van der Waals surface area contributed by atoms with Crippen molar-refractivity contribution < 1.29 is 19.4 Å². The van der Waals surface area contributed by atoms with Gasteiger partial charge in [-0.1, -0.05) is 37.6 Å². The number of rotatable bonds is 7. The van der Waals surface area contributed by atoms with Crippen molar-refractivity contribution in [2.45, 2.75) is 26.8 Å². The van der Waals surface area contributed by atoms with Crippen LogP contribution in [0, 0.1) is 5.92 Å². The highest BCUT2D eigenvalue weighted by Gasteiger charge is 2.17. The van der Waals surface area contributed by atoms with Crippen LogP contribution in [0.15, 0.2) is 42.5 Å². The van der Waals surface area contributed by atoms with Crippen molar-refractivity contribution in [1.82, 2.24) is 5.32 Å². The van der Waals surface area contributed by atoms with Crippen LogP contribution in [-0.4, -0.2) is 23.6 Å². The maximum absolute atomic E-state index is 12.7. The van der Waals surface area contributed by atoms with Gasteiger partial charge in [-0.15, -0.1) is 0 Å². The third-order valence-corrected chi connectivity index (χ3v) is 4.00. The van der Waals surface area contributed by atoms with Crippen LogP contribution in [0.5, 0.6) is 5.75 Å². The summed E-state index contributed by atoms with van der Waals surface area (Å²) in [7, 11) is 0. The van der Waals surface area contributed by atoms with Crippen molar-refractivity contribution in [3.05, 3.63) is 64.2 Å². The third-order valence-electron chi connectivity index (χ3n) is 3.76. The number of benzene rings is 2. The van der Waals surface area contributed by atoms with E-state index in [2.05, 4.69) is 5.32 Å². The monoisotopic (exact) mass is 375 g/mol. The molecule has 6 heteroatoms. The zero-order valence-electron chi connectivity index (χ0n) is 15.0. The number of carbonyl (C=O) groups is 2. The van der Waals surface area contributed by atoms with Gasteiger partial charge in [0.15, 0.2) is 0 Å². The van der Waals surface area contributed by atoms with Crippen molar-refractivity contribution >= 4 is 23.5 Å². The molecule has 0 aliphatic heterocycles. The third kappa shape index (κ3) is 5.23. The number of halogens is 1. The zero-order chi connectivity index (χ0) is 19.3. The van der Waals surface area contributed by atoms with Gasteiger partial charge < -0.3 is 15.2 Å². The first-order chi connectivity index (χ1) is 12.3. The number of nitrogens with one attached hydrogen (secondary N) is 1. The van der Waals surface area contributed by atoms with Gasteiger partial charge in [0.25, 0.3) is 5.91 Å². The van der Waals surface area contributed by atoms with E-state index >= 15 is 0 Å². The first-order valence-electron chi connectivity index (χ1n) is 8.34. The van der Waals surface area contributed by atoms with Gasteiger partial charge in [0.2, 0.25) is 0 Å². The molecule has 0 aromatic heterocycles. The number of carbonyl (C=O) groups excluding carboxylic acids is 1. The van der Waals surface area contributed by atoms with Gasteiger partial charge in [0.1, 0.15) is 5.75 Å². The fourth-order valence-electron chi connectivity index (χ4n) is 2.33. The maximum atomic E-state index is 12.7. The predicted molar refractivity (Wildman–Crippen MR) is 101 cm³/mol. The van der Waals surface area contributed by atoms with Crippen molar-refractivity contribution in [2.75, 3.05) is 6.61 Å². The van der Waals surface area contributed by atoms with Crippen LogP contribution in [-0.2, 0) is 0 Å². The molecule has 2 aromatic rings. The van der Waals surface area contributed by atoms with Crippen molar-refractivity contribution in [3.63, 3.8) is 0 Å². The van der Waals surface area contributed by atoms with Gasteiger partial charge in [-0.3, -0.25) is 4.79 Å². The van der Waals surface area contributed by atoms with Crippen LogP contribution in [0.1, 0.15) is 53.1 Å². The lowest BCUT2D eigenvalue weighted by Crippen LogP contribution is -2.27. The van der Waals surface area contributed by atoms with E-state index in [1.165, 1.54) is 12.1 Å². The number of carboxylic acids is 1. The molecule has 0 saturated carbocycles. The number of hydrogen-bond donors (Lipinski definition) is 2. The number of ether oxygens (including phenoxy) is 1. The topological polar surface area (TPSA) is 75.6 Å². The second-order valence-corrected chi connectivity index (χ2v) is 6.90. The number of aromatic carboxylic acids is 1. The normalized spacial score (nSPS) is 11.9.